The fourth-order valence-corrected chi connectivity index (χ4v) is 3.21. The first-order valence-corrected chi connectivity index (χ1v) is 7.06. The molecule has 0 aliphatic carbocycles. The van der Waals surface area contributed by atoms with E-state index < -0.39 is 0 Å². The molecule has 2 aromatic rings. The van der Waals surface area contributed by atoms with Gasteiger partial charge in [-0.25, -0.2) is 4.98 Å². The van der Waals surface area contributed by atoms with Crippen LogP contribution in [0, 0.1) is 5.92 Å². The minimum absolute atomic E-state index is 0.747. The molecule has 0 amide bonds. The van der Waals surface area contributed by atoms with Crippen LogP contribution in [0.25, 0.3) is 10.6 Å². The highest BCUT2D eigenvalue weighted by Gasteiger charge is 2.15. The van der Waals surface area contributed by atoms with Crippen molar-refractivity contribution in [1.29, 1.82) is 0 Å². The number of nitrogens with one attached hydrogen (secondary N) is 1. The zero-order chi connectivity index (χ0) is 11.5. The average molecular weight is 247 g/mol. The Hall–Kier alpha value is -1.13. The maximum atomic E-state index is 4.29. The van der Waals surface area contributed by atoms with Gasteiger partial charge in [0.25, 0.3) is 0 Å². The van der Waals surface area contributed by atoms with E-state index in [2.05, 4.69) is 32.4 Å². The maximum Gasteiger partial charge on any atom is 0.0951 e. The van der Waals surface area contributed by atoms with E-state index in [4.69, 9.17) is 0 Å². The molecule has 1 saturated heterocycles. The first-order chi connectivity index (χ1) is 8.43. The minimum Gasteiger partial charge on any atom is -0.330 e. The zero-order valence-electron chi connectivity index (χ0n) is 9.80. The molecular weight excluding hydrogens is 230 g/mol. The Labute approximate surface area is 106 Å². The molecule has 3 nitrogen and oxygen atoms in total. The molecule has 1 aliphatic rings. The molecule has 17 heavy (non-hydrogen) atoms. The van der Waals surface area contributed by atoms with Crippen LogP contribution < -0.4 is 5.32 Å². The Balaban J connectivity index is 1.77. The fraction of sp³-hybridized carbons (Fsp3) is 0.462. The molecule has 0 aromatic carbocycles. The summed E-state index contributed by atoms with van der Waals surface area (Å²) in [5.41, 5.74) is 1.26. The van der Waals surface area contributed by atoms with Crippen LogP contribution in [0.3, 0.4) is 0 Å². The summed E-state index contributed by atoms with van der Waals surface area (Å²) < 4.78 is 2.30. The number of imidazole rings is 1. The van der Waals surface area contributed by atoms with E-state index in [-0.39, 0.29) is 0 Å². The van der Waals surface area contributed by atoms with E-state index in [1.165, 1.54) is 30.0 Å². The fourth-order valence-electron chi connectivity index (χ4n) is 2.45. The van der Waals surface area contributed by atoms with E-state index in [1.54, 1.807) is 11.3 Å². The lowest BCUT2D eigenvalue weighted by Gasteiger charge is -2.23. The lowest BCUT2D eigenvalue weighted by Crippen LogP contribution is -2.32. The van der Waals surface area contributed by atoms with E-state index >= 15 is 0 Å². The molecule has 3 rings (SSSR count). The van der Waals surface area contributed by atoms with Gasteiger partial charge in [-0.1, -0.05) is 6.07 Å². The summed E-state index contributed by atoms with van der Waals surface area (Å²) in [4.78, 5) is 5.60. The van der Waals surface area contributed by atoms with Gasteiger partial charge in [0.1, 0.15) is 0 Å². The van der Waals surface area contributed by atoms with Gasteiger partial charge in [0, 0.05) is 6.54 Å². The largest absolute Gasteiger partial charge is 0.330 e. The molecule has 2 aromatic heterocycles. The second-order valence-corrected chi connectivity index (χ2v) is 5.57. The van der Waals surface area contributed by atoms with Crippen LogP contribution >= 0.6 is 11.3 Å². The second kappa shape index (κ2) is 5.02. The Morgan fingerprint density at radius 2 is 2.53 bits per heavy atom. The molecular formula is C13H17N3S. The molecule has 1 unspecified atom stereocenters. The zero-order valence-corrected chi connectivity index (χ0v) is 10.6. The van der Waals surface area contributed by atoms with Crippen molar-refractivity contribution in [2.24, 2.45) is 5.92 Å². The molecule has 4 heteroatoms. The Morgan fingerprint density at radius 1 is 1.53 bits per heavy atom. The summed E-state index contributed by atoms with van der Waals surface area (Å²) in [6, 6.07) is 4.26. The summed E-state index contributed by atoms with van der Waals surface area (Å²) >= 11 is 1.78. The normalized spacial score (nSPS) is 20.6. The molecule has 1 atom stereocenters. The predicted octanol–water partition coefficient (Wildman–Crippen LogP) is 2.61. The predicted molar refractivity (Wildman–Crippen MR) is 71.1 cm³/mol. The van der Waals surface area contributed by atoms with Crippen molar-refractivity contribution in [2.75, 3.05) is 13.1 Å². The molecule has 0 bridgehead atoms. The number of thiophene rings is 1. The van der Waals surface area contributed by atoms with Crippen molar-refractivity contribution >= 4 is 11.3 Å². The first-order valence-electron chi connectivity index (χ1n) is 6.18. The molecule has 0 spiro atoms. The van der Waals surface area contributed by atoms with Crippen LogP contribution in [0.1, 0.15) is 12.8 Å². The molecule has 1 aliphatic heterocycles. The third kappa shape index (κ3) is 2.42. The van der Waals surface area contributed by atoms with Crippen LogP contribution in [-0.2, 0) is 6.54 Å². The van der Waals surface area contributed by atoms with Crippen molar-refractivity contribution in [1.82, 2.24) is 14.9 Å². The lowest BCUT2D eigenvalue weighted by molar-refractivity contribution is 0.338. The van der Waals surface area contributed by atoms with Gasteiger partial charge in [0.15, 0.2) is 0 Å². The molecule has 0 radical (unpaired) electrons. The van der Waals surface area contributed by atoms with Gasteiger partial charge >= 0.3 is 0 Å². The Morgan fingerprint density at radius 3 is 3.29 bits per heavy atom. The standard InChI is InChI=1S/C13H17N3S/c1-3-11(7-14-5-1)9-16-10-15-8-12(16)13-4-2-6-17-13/h2,4,6,8,10-11,14H,1,3,5,7,9H2. The molecule has 3 heterocycles. The molecule has 1 N–H and O–H groups in total. The Bertz CT molecular complexity index is 455. The van der Waals surface area contributed by atoms with E-state index in [0.717, 1.165) is 19.0 Å². The monoisotopic (exact) mass is 247 g/mol. The third-order valence-electron chi connectivity index (χ3n) is 3.34. The average Bonchev–Trinajstić information content (AvgIpc) is 3.00. The number of hydrogen-bond donors (Lipinski definition) is 1. The first kappa shape index (κ1) is 11.0. The maximum absolute atomic E-state index is 4.29. The van der Waals surface area contributed by atoms with Crippen molar-refractivity contribution in [3.63, 3.8) is 0 Å². The molecule has 0 saturated carbocycles. The van der Waals surface area contributed by atoms with Gasteiger partial charge in [-0.15, -0.1) is 11.3 Å². The minimum atomic E-state index is 0.747. The van der Waals surface area contributed by atoms with Crippen molar-refractivity contribution in [3.05, 3.63) is 30.0 Å². The van der Waals surface area contributed by atoms with Crippen molar-refractivity contribution in [3.8, 4) is 10.6 Å². The third-order valence-corrected chi connectivity index (χ3v) is 4.23. The van der Waals surface area contributed by atoms with E-state index in [0.29, 0.717) is 0 Å². The molecule has 90 valence electrons. The van der Waals surface area contributed by atoms with Gasteiger partial charge in [-0.2, -0.15) is 0 Å². The van der Waals surface area contributed by atoms with E-state index in [9.17, 15) is 0 Å². The van der Waals surface area contributed by atoms with Crippen LogP contribution in [0.5, 0.6) is 0 Å². The summed E-state index contributed by atoms with van der Waals surface area (Å²) in [7, 11) is 0. The van der Waals surface area contributed by atoms with Crippen LogP contribution in [0.4, 0.5) is 0 Å². The highest BCUT2D eigenvalue weighted by Crippen LogP contribution is 2.25. The number of rotatable bonds is 3. The Kier molecular flexibility index (Phi) is 3.25. The smallest absolute Gasteiger partial charge is 0.0951 e. The number of nitrogens with zero attached hydrogens (tertiary/aromatic N) is 2. The SMILES string of the molecule is c1csc(-c2cncn2CC2CCCNC2)c1. The second-order valence-electron chi connectivity index (χ2n) is 4.62. The molecule has 1 fully saturated rings. The topological polar surface area (TPSA) is 29.9 Å². The lowest BCUT2D eigenvalue weighted by atomic mass is 9.99. The van der Waals surface area contributed by atoms with Crippen LogP contribution in [0.15, 0.2) is 30.0 Å². The number of aromatic nitrogens is 2. The van der Waals surface area contributed by atoms with Gasteiger partial charge in [-0.05, 0) is 43.3 Å². The van der Waals surface area contributed by atoms with Gasteiger partial charge < -0.3 is 9.88 Å². The van der Waals surface area contributed by atoms with Gasteiger partial charge in [0.05, 0.1) is 23.1 Å². The van der Waals surface area contributed by atoms with Gasteiger partial charge in [0.2, 0.25) is 0 Å². The summed E-state index contributed by atoms with van der Waals surface area (Å²) in [5.74, 6) is 0.747. The van der Waals surface area contributed by atoms with E-state index in [1.807, 2.05) is 12.5 Å². The summed E-state index contributed by atoms with van der Waals surface area (Å²) in [5, 5.41) is 5.59. The number of hydrogen-bond acceptors (Lipinski definition) is 3. The highest BCUT2D eigenvalue weighted by molar-refractivity contribution is 7.13. The highest BCUT2D eigenvalue weighted by atomic mass is 32.1. The number of piperidine rings is 1. The van der Waals surface area contributed by atoms with Crippen LogP contribution in [-0.4, -0.2) is 22.6 Å². The summed E-state index contributed by atoms with van der Waals surface area (Å²) in [6.07, 6.45) is 6.56. The van der Waals surface area contributed by atoms with Crippen molar-refractivity contribution < 1.29 is 0 Å². The van der Waals surface area contributed by atoms with Gasteiger partial charge in [-0.3, -0.25) is 0 Å². The van der Waals surface area contributed by atoms with Crippen LogP contribution in [0.2, 0.25) is 0 Å². The quantitative estimate of drug-likeness (QED) is 0.903. The van der Waals surface area contributed by atoms with Crippen molar-refractivity contribution in [2.45, 2.75) is 19.4 Å². The summed E-state index contributed by atoms with van der Waals surface area (Å²) in [6.45, 7) is 3.40.